The van der Waals surface area contributed by atoms with Gasteiger partial charge in [-0.15, -0.1) is 0 Å². The van der Waals surface area contributed by atoms with Gasteiger partial charge >= 0.3 is 11.9 Å². The van der Waals surface area contributed by atoms with Crippen LogP contribution in [0.3, 0.4) is 0 Å². The minimum Gasteiger partial charge on any atom is -0.481 e. The third kappa shape index (κ3) is 4.45. The fourth-order valence-corrected chi connectivity index (χ4v) is 0.519. The van der Waals surface area contributed by atoms with Gasteiger partial charge in [0.05, 0.1) is 12.2 Å². The normalized spacial score (nSPS) is 11.8. The Morgan fingerprint density at radius 1 is 1.67 bits per heavy atom. The van der Waals surface area contributed by atoms with Crippen LogP contribution in [-0.4, -0.2) is 23.1 Å². The molecule has 0 aromatic carbocycles. The second-order valence-electron chi connectivity index (χ2n) is 2.33. The smallest absolute Gasteiger partial charge is 0.328 e. The van der Waals surface area contributed by atoms with Gasteiger partial charge in [0.25, 0.3) is 0 Å². The van der Waals surface area contributed by atoms with Crippen LogP contribution in [0.4, 0.5) is 0 Å². The molecule has 1 atom stereocenters. The molecule has 0 aliphatic carbocycles. The van der Waals surface area contributed by atoms with Crippen molar-refractivity contribution in [1.82, 2.24) is 0 Å². The molecule has 0 aliphatic heterocycles. The number of carboxylic acids is 1. The van der Waals surface area contributed by atoms with E-state index in [0.717, 1.165) is 0 Å². The fourth-order valence-electron chi connectivity index (χ4n) is 0.519. The van der Waals surface area contributed by atoms with Crippen LogP contribution in [0.25, 0.3) is 0 Å². The highest BCUT2D eigenvalue weighted by Gasteiger charge is 2.18. The summed E-state index contributed by atoms with van der Waals surface area (Å²) in [5.41, 5.74) is 5.17. The van der Waals surface area contributed by atoms with E-state index in [9.17, 15) is 9.59 Å². The second kappa shape index (κ2) is 4.50. The maximum absolute atomic E-state index is 10.8. The Balaban J connectivity index is 3.93. The number of aliphatic carboxylic acids is 1. The number of esters is 1. The number of nitrogens with two attached hydrogens (primary N) is 1. The number of ether oxygens (including phenoxy) is 1. The average Bonchev–Trinajstić information content (AvgIpc) is 1.84. The second-order valence-corrected chi connectivity index (χ2v) is 2.33. The summed E-state index contributed by atoms with van der Waals surface area (Å²) in [6.45, 7) is 4.79. The molecule has 68 valence electrons. The van der Waals surface area contributed by atoms with E-state index in [1.807, 2.05) is 0 Å². The van der Waals surface area contributed by atoms with Crippen molar-refractivity contribution >= 4 is 11.9 Å². The lowest BCUT2D eigenvalue weighted by atomic mass is 10.2. The molecule has 5 heteroatoms. The third-order valence-electron chi connectivity index (χ3n) is 0.972. The molecule has 0 bridgehead atoms. The van der Waals surface area contributed by atoms with E-state index in [1.54, 1.807) is 0 Å². The summed E-state index contributed by atoms with van der Waals surface area (Å²) in [5, 5.41) is 8.26. The molecule has 0 spiro atoms. The van der Waals surface area contributed by atoms with Gasteiger partial charge in [-0.3, -0.25) is 4.79 Å². The first-order valence-electron chi connectivity index (χ1n) is 3.28. The summed E-state index contributed by atoms with van der Waals surface area (Å²) in [6.07, 6.45) is -0.438. The average molecular weight is 173 g/mol. The first-order chi connectivity index (χ1) is 5.43. The minimum absolute atomic E-state index is 0.195. The molecule has 0 saturated carbocycles. The van der Waals surface area contributed by atoms with E-state index in [4.69, 9.17) is 10.8 Å². The third-order valence-corrected chi connectivity index (χ3v) is 0.972. The van der Waals surface area contributed by atoms with E-state index in [2.05, 4.69) is 11.3 Å². The number of allylic oxidation sites excluding steroid dienone is 1. The monoisotopic (exact) mass is 173 g/mol. The van der Waals surface area contributed by atoms with Crippen LogP contribution >= 0.6 is 0 Å². The van der Waals surface area contributed by atoms with Crippen LogP contribution in [0.2, 0.25) is 0 Å². The van der Waals surface area contributed by atoms with E-state index < -0.39 is 24.4 Å². The molecule has 5 nitrogen and oxygen atoms in total. The van der Waals surface area contributed by atoms with E-state index in [-0.39, 0.29) is 5.76 Å². The van der Waals surface area contributed by atoms with E-state index in [0.29, 0.717) is 0 Å². The first-order valence-corrected chi connectivity index (χ1v) is 3.28. The van der Waals surface area contributed by atoms with Crippen molar-refractivity contribution < 1.29 is 19.4 Å². The topological polar surface area (TPSA) is 89.6 Å². The highest BCUT2D eigenvalue weighted by molar-refractivity contribution is 5.82. The fraction of sp³-hybridized carbons (Fsp3) is 0.429. The van der Waals surface area contributed by atoms with Crippen LogP contribution in [-0.2, 0) is 14.3 Å². The maximum atomic E-state index is 10.8. The van der Waals surface area contributed by atoms with Gasteiger partial charge in [0.2, 0.25) is 0 Å². The van der Waals surface area contributed by atoms with Crippen molar-refractivity contribution in [3.8, 4) is 0 Å². The summed E-state index contributed by atoms with van der Waals surface area (Å²) in [6, 6.07) is -1.13. The van der Waals surface area contributed by atoms with Gasteiger partial charge in [-0.2, -0.15) is 0 Å². The number of hydrogen-bond acceptors (Lipinski definition) is 4. The molecule has 0 rings (SSSR count). The standard InChI is InChI=1S/C7H11NO4/c1-4(2)12-7(11)5(8)3-6(9)10/h5H,1,3,8H2,2H3,(H,9,10)/t5-/m0/s1. The van der Waals surface area contributed by atoms with Gasteiger partial charge < -0.3 is 15.6 Å². The Bertz CT molecular complexity index is 211. The molecule has 0 unspecified atom stereocenters. The molecule has 12 heavy (non-hydrogen) atoms. The predicted octanol–water partition coefficient (Wildman–Crippen LogP) is -0.135. The van der Waals surface area contributed by atoms with Gasteiger partial charge in [0.15, 0.2) is 0 Å². The van der Waals surface area contributed by atoms with Crippen LogP contribution in [0, 0.1) is 0 Å². The zero-order chi connectivity index (χ0) is 9.72. The molecule has 0 radical (unpaired) electrons. The van der Waals surface area contributed by atoms with Crippen molar-refractivity contribution in [2.45, 2.75) is 19.4 Å². The molecule has 0 aliphatic rings. The highest BCUT2D eigenvalue weighted by atomic mass is 16.5. The first kappa shape index (κ1) is 10.6. The molecule has 0 amide bonds. The lowest BCUT2D eigenvalue weighted by Gasteiger charge is -2.07. The minimum atomic E-state index is -1.14. The molecule has 3 N–H and O–H groups in total. The Morgan fingerprint density at radius 3 is 2.50 bits per heavy atom. The van der Waals surface area contributed by atoms with E-state index >= 15 is 0 Å². The Hall–Kier alpha value is -1.36. The summed E-state index contributed by atoms with van der Waals surface area (Å²) in [7, 11) is 0. The zero-order valence-electron chi connectivity index (χ0n) is 6.74. The molecule has 0 heterocycles. The molecular weight excluding hydrogens is 162 g/mol. The lowest BCUT2D eigenvalue weighted by Crippen LogP contribution is -2.34. The van der Waals surface area contributed by atoms with Gasteiger partial charge in [0.1, 0.15) is 6.04 Å². The SMILES string of the molecule is C=C(C)OC(=O)[C@@H](N)CC(=O)O. The molecular formula is C7H11NO4. The van der Waals surface area contributed by atoms with Gasteiger partial charge in [-0.25, -0.2) is 4.79 Å². The lowest BCUT2D eigenvalue weighted by molar-refractivity contribution is -0.146. The number of carboxylic acid groups (broad SMARTS) is 1. The Labute approximate surface area is 69.8 Å². The molecule has 0 fully saturated rings. The molecule has 0 saturated heterocycles. The largest absolute Gasteiger partial charge is 0.481 e. The highest BCUT2D eigenvalue weighted by Crippen LogP contribution is 1.97. The summed E-state index contributed by atoms with van der Waals surface area (Å²) in [5.74, 6) is -1.72. The van der Waals surface area contributed by atoms with Crippen LogP contribution < -0.4 is 5.73 Å². The predicted molar refractivity (Wildman–Crippen MR) is 41.1 cm³/mol. The van der Waals surface area contributed by atoms with Crippen molar-refractivity contribution in [3.63, 3.8) is 0 Å². The number of hydrogen-bond donors (Lipinski definition) is 2. The number of carbonyl (C=O) groups excluding carboxylic acids is 1. The number of carbonyl (C=O) groups is 2. The molecule has 0 aromatic heterocycles. The van der Waals surface area contributed by atoms with Gasteiger partial charge in [-0.1, -0.05) is 6.58 Å². The van der Waals surface area contributed by atoms with Gasteiger partial charge in [0, 0.05) is 0 Å². The van der Waals surface area contributed by atoms with Gasteiger partial charge in [-0.05, 0) is 6.92 Å². The zero-order valence-corrected chi connectivity index (χ0v) is 6.74. The van der Waals surface area contributed by atoms with Crippen molar-refractivity contribution in [1.29, 1.82) is 0 Å². The van der Waals surface area contributed by atoms with Crippen LogP contribution in [0.1, 0.15) is 13.3 Å². The van der Waals surface area contributed by atoms with Crippen LogP contribution in [0.15, 0.2) is 12.3 Å². The number of rotatable bonds is 4. The van der Waals surface area contributed by atoms with E-state index in [1.165, 1.54) is 6.92 Å². The van der Waals surface area contributed by atoms with Crippen molar-refractivity contribution in [2.75, 3.05) is 0 Å². The Kier molecular flexibility index (Phi) is 3.99. The van der Waals surface area contributed by atoms with Crippen molar-refractivity contribution in [3.05, 3.63) is 12.3 Å². The summed E-state index contributed by atoms with van der Waals surface area (Å²) >= 11 is 0. The summed E-state index contributed by atoms with van der Waals surface area (Å²) < 4.78 is 4.49. The summed E-state index contributed by atoms with van der Waals surface area (Å²) in [4.78, 5) is 20.9. The molecule has 0 aromatic rings. The quantitative estimate of drug-likeness (QED) is 0.456. The maximum Gasteiger partial charge on any atom is 0.328 e. The van der Waals surface area contributed by atoms with Crippen LogP contribution in [0.5, 0.6) is 0 Å². The Morgan fingerprint density at radius 2 is 2.17 bits per heavy atom. The van der Waals surface area contributed by atoms with Crippen molar-refractivity contribution in [2.24, 2.45) is 5.73 Å².